The Balaban J connectivity index is 1.83. The maximum absolute atomic E-state index is 12.6. The molecular formula is C25H19Cl2N3O4. The number of hydrogen-bond acceptors (Lipinski definition) is 7. The molecule has 2 aromatic heterocycles. The number of rotatable bonds is 6. The van der Waals surface area contributed by atoms with E-state index in [0.717, 1.165) is 6.29 Å². The molecule has 1 atom stereocenters. The van der Waals surface area contributed by atoms with Crippen molar-refractivity contribution in [1.82, 2.24) is 9.97 Å². The molecule has 1 aliphatic heterocycles. The van der Waals surface area contributed by atoms with Crippen molar-refractivity contribution in [2.24, 2.45) is 4.99 Å². The Labute approximate surface area is 206 Å². The minimum absolute atomic E-state index is 0.178. The molecule has 0 bridgehead atoms. The van der Waals surface area contributed by atoms with Crippen LogP contribution < -0.4 is 4.74 Å². The SMILES string of the molecule is COC1=NC(c2cnccc2Cl)=CCC1(C=O)c1cccc(-c2ccc(C=O)c(OC)n2)c1Cl. The summed E-state index contributed by atoms with van der Waals surface area (Å²) >= 11 is 13.2. The van der Waals surface area contributed by atoms with Crippen molar-refractivity contribution in [3.8, 4) is 17.1 Å². The molecule has 3 aromatic rings. The van der Waals surface area contributed by atoms with Crippen LogP contribution in [0.4, 0.5) is 0 Å². The van der Waals surface area contributed by atoms with Gasteiger partial charge in [0, 0.05) is 23.5 Å². The fraction of sp³-hybridized carbons (Fsp3) is 0.160. The molecule has 0 radical (unpaired) electrons. The van der Waals surface area contributed by atoms with E-state index in [4.69, 9.17) is 32.7 Å². The van der Waals surface area contributed by atoms with E-state index < -0.39 is 5.41 Å². The first-order valence-corrected chi connectivity index (χ1v) is 10.9. The van der Waals surface area contributed by atoms with Gasteiger partial charge in [0.2, 0.25) is 11.8 Å². The van der Waals surface area contributed by atoms with E-state index in [2.05, 4.69) is 15.0 Å². The molecular weight excluding hydrogens is 477 g/mol. The van der Waals surface area contributed by atoms with Gasteiger partial charge in [-0.15, -0.1) is 0 Å². The van der Waals surface area contributed by atoms with Gasteiger partial charge in [0.05, 0.1) is 41.2 Å². The van der Waals surface area contributed by atoms with Gasteiger partial charge in [-0.2, -0.15) is 0 Å². The fourth-order valence-corrected chi connectivity index (χ4v) is 4.47. The lowest BCUT2D eigenvalue weighted by Gasteiger charge is -2.32. The average Bonchev–Trinajstić information content (AvgIpc) is 2.88. The van der Waals surface area contributed by atoms with Crippen molar-refractivity contribution in [2.75, 3.05) is 14.2 Å². The van der Waals surface area contributed by atoms with Gasteiger partial charge in [0.25, 0.3) is 0 Å². The van der Waals surface area contributed by atoms with Crippen molar-refractivity contribution in [1.29, 1.82) is 0 Å². The number of carbonyl (C=O) groups is 2. The average molecular weight is 496 g/mol. The number of aldehydes is 2. The van der Waals surface area contributed by atoms with E-state index in [1.54, 1.807) is 48.8 Å². The minimum Gasteiger partial charge on any atom is -0.483 e. The Hall–Kier alpha value is -3.55. The molecule has 0 N–H and O–H groups in total. The lowest BCUT2D eigenvalue weighted by molar-refractivity contribution is -0.111. The van der Waals surface area contributed by atoms with Crippen LogP contribution in [0.2, 0.25) is 10.0 Å². The standard InChI is InChI=1S/C25H19Cl2N3O4/c1-33-23-15(13-31)6-7-20(29-23)16-4-3-5-18(22(16)27)25(14-32)10-8-21(30-24(25)34-2)17-12-28-11-9-19(17)26/h3-9,11-14H,10H2,1-2H3. The third-order valence-electron chi connectivity index (χ3n) is 5.62. The Kier molecular flexibility index (Phi) is 6.77. The second kappa shape index (κ2) is 9.75. The van der Waals surface area contributed by atoms with E-state index >= 15 is 0 Å². The summed E-state index contributed by atoms with van der Waals surface area (Å²) in [7, 11) is 2.88. The zero-order chi connectivity index (χ0) is 24.3. The van der Waals surface area contributed by atoms with Crippen molar-refractivity contribution in [2.45, 2.75) is 11.8 Å². The summed E-state index contributed by atoms with van der Waals surface area (Å²) in [4.78, 5) is 36.9. The molecule has 0 saturated heterocycles. The third kappa shape index (κ3) is 3.97. The Morgan fingerprint density at radius 2 is 1.85 bits per heavy atom. The molecule has 3 heterocycles. The van der Waals surface area contributed by atoms with Gasteiger partial charge in [0.15, 0.2) is 6.29 Å². The van der Waals surface area contributed by atoms with Gasteiger partial charge in [-0.05, 0) is 30.2 Å². The number of carbonyl (C=O) groups excluding carboxylic acids is 2. The zero-order valence-electron chi connectivity index (χ0n) is 18.3. The maximum atomic E-state index is 12.6. The fourth-order valence-electron chi connectivity index (χ4n) is 3.88. The summed E-state index contributed by atoms with van der Waals surface area (Å²) in [5.41, 5.74) is 1.80. The topological polar surface area (TPSA) is 90.7 Å². The number of nitrogens with zero attached hydrogens (tertiary/aromatic N) is 3. The number of methoxy groups -OCH3 is 2. The summed E-state index contributed by atoms with van der Waals surface area (Å²) in [5, 5.41) is 0.793. The van der Waals surface area contributed by atoms with E-state index in [0.29, 0.717) is 50.0 Å². The zero-order valence-corrected chi connectivity index (χ0v) is 19.8. The highest BCUT2D eigenvalue weighted by Crippen LogP contribution is 2.42. The second-order valence-corrected chi connectivity index (χ2v) is 8.22. The lowest BCUT2D eigenvalue weighted by atomic mass is 9.76. The number of aliphatic imine (C=N–C) groups is 1. The third-order valence-corrected chi connectivity index (χ3v) is 6.36. The monoisotopic (exact) mass is 495 g/mol. The second-order valence-electron chi connectivity index (χ2n) is 7.44. The Bertz CT molecular complexity index is 1340. The van der Waals surface area contributed by atoms with E-state index in [1.807, 2.05) is 6.08 Å². The van der Waals surface area contributed by atoms with Crippen molar-refractivity contribution in [3.05, 3.63) is 81.6 Å². The van der Waals surface area contributed by atoms with Crippen LogP contribution >= 0.6 is 23.2 Å². The van der Waals surface area contributed by atoms with Gasteiger partial charge < -0.3 is 14.3 Å². The first kappa shape index (κ1) is 23.6. The summed E-state index contributed by atoms with van der Waals surface area (Å²) in [6.07, 6.45) is 6.69. The number of ether oxygens (including phenoxy) is 2. The van der Waals surface area contributed by atoms with Crippen molar-refractivity contribution >= 4 is 47.4 Å². The minimum atomic E-state index is -1.26. The van der Waals surface area contributed by atoms with Crippen LogP contribution in [0.3, 0.4) is 0 Å². The molecule has 0 amide bonds. The van der Waals surface area contributed by atoms with Crippen LogP contribution in [-0.4, -0.2) is 42.7 Å². The number of pyridine rings is 2. The summed E-state index contributed by atoms with van der Waals surface area (Å²) in [5.74, 6) is 0.359. The highest BCUT2D eigenvalue weighted by atomic mass is 35.5. The van der Waals surface area contributed by atoms with E-state index in [9.17, 15) is 9.59 Å². The molecule has 34 heavy (non-hydrogen) atoms. The van der Waals surface area contributed by atoms with Crippen LogP contribution in [0.5, 0.6) is 5.88 Å². The number of allylic oxidation sites excluding steroid dienone is 1. The molecule has 0 fully saturated rings. The molecule has 7 nitrogen and oxygen atoms in total. The van der Waals surface area contributed by atoms with Gasteiger partial charge in [-0.25, -0.2) is 9.98 Å². The van der Waals surface area contributed by atoms with Gasteiger partial charge in [0.1, 0.15) is 11.7 Å². The number of aromatic nitrogens is 2. The molecule has 1 unspecified atom stereocenters. The normalized spacial score (nSPS) is 17.4. The van der Waals surface area contributed by atoms with Crippen LogP contribution in [0.15, 0.2) is 59.9 Å². The largest absolute Gasteiger partial charge is 0.483 e. The van der Waals surface area contributed by atoms with Gasteiger partial charge >= 0.3 is 0 Å². The van der Waals surface area contributed by atoms with Crippen molar-refractivity contribution < 1.29 is 19.1 Å². The van der Waals surface area contributed by atoms with E-state index in [1.165, 1.54) is 14.2 Å². The quantitative estimate of drug-likeness (QED) is 0.436. The predicted octanol–water partition coefficient (Wildman–Crippen LogP) is 5.20. The Morgan fingerprint density at radius 1 is 1.03 bits per heavy atom. The molecule has 0 spiro atoms. The first-order valence-electron chi connectivity index (χ1n) is 10.2. The van der Waals surface area contributed by atoms with Gasteiger partial charge in [-0.1, -0.05) is 47.5 Å². The molecule has 172 valence electrons. The summed E-state index contributed by atoms with van der Waals surface area (Å²) in [6, 6.07) is 10.2. The molecule has 0 saturated carbocycles. The first-order chi connectivity index (χ1) is 16.5. The maximum Gasteiger partial charge on any atom is 0.224 e. The summed E-state index contributed by atoms with van der Waals surface area (Å²) < 4.78 is 10.8. The van der Waals surface area contributed by atoms with Crippen LogP contribution in [-0.2, 0) is 14.9 Å². The number of benzene rings is 1. The highest BCUT2D eigenvalue weighted by Gasteiger charge is 2.43. The summed E-state index contributed by atoms with van der Waals surface area (Å²) in [6.45, 7) is 0. The predicted molar refractivity (Wildman–Crippen MR) is 131 cm³/mol. The molecule has 1 aliphatic rings. The van der Waals surface area contributed by atoms with Crippen molar-refractivity contribution in [3.63, 3.8) is 0 Å². The van der Waals surface area contributed by atoms with Crippen LogP contribution in [0.1, 0.15) is 27.9 Å². The smallest absolute Gasteiger partial charge is 0.224 e. The van der Waals surface area contributed by atoms with Crippen LogP contribution in [0, 0.1) is 0 Å². The molecule has 1 aromatic carbocycles. The van der Waals surface area contributed by atoms with Crippen LogP contribution in [0.25, 0.3) is 17.0 Å². The molecule has 9 heteroatoms. The highest BCUT2D eigenvalue weighted by molar-refractivity contribution is 6.35. The van der Waals surface area contributed by atoms with Gasteiger partial charge in [-0.3, -0.25) is 9.78 Å². The Morgan fingerprint density at radius 3 is 2.53 bits per heavy atom. The lowest BCUT2D eigenvalue weighted by Crippen LogP contribution is -2.40. The van der Waals surface area contributed by atoms with E-state index in [-0.39, 0.29) is 18.2 Å². The number of halogens is 2. The molecule has 4 rings (SSSR count). The number of hydrogen-bond donors (Lipinski definition) is 0. The molecule has 0 aliphatic carbocycles.